The minimum Gasteiger partial charge on any atom is -0.465 e. The third-order valence-corrected chi connectivity index (χ3v) is 5.00. The summed E-state index contributed by atoms with van der Waals surface area (Å²) in [6, 6.07) is 7.13. The Morgan fingerprint density at radius 3 is 2.62 bits per heavy atom. The zero-order valence-electron chi connectivity index (χ0n) is 16.2. The Morgan fingerprint density at radius 1 is 1.10 bits per heavy atom. The van der Waals surface area contributed by atoms with Gasteiger partial charge in [0.1, 0.15) is 17.3 Å². The van der Waals surface area contributed by atoms with Gasteiger partial charge in [0.15, 0.2) is 5.56 Å². The van der Waals surface area contributed by atoms with E-state index in [-0.39, 0.29) is 12.2 Å². The first kappa shape index (κ1) is 19.1. The monoisotopic (exact) mass is 394 g/mol. The molecule has 4 rings (SSSR count). The highest BCUT2D eigenvalue weighted by Gasteiger charge is 2.29. The van der Waals surface area contributed by atoms with Gasteiger partial charge in [-0.2, -0.15) is 0 Å². The van der Waals surface area contributed by atoms with E-state index in [2.05, 4.69) is 0 Å². The van der Waals surface area contributed by atoms with Crippen molar-refractivity contribution in [2.75, 3.05) is 6.61 Å². The van der Waals surface area contributed by atoms with Gasteiger partial charge in [0, 0.05) is 11.1 Å². The fourth-order valence-corrected chi connectivity index (χ4v) is 3.74. The molecule has 1 aliphatic rings. The van der Waals surface area contributed by atoms with E-state index in [9.17, 15) is 9.59 Å². The number of furan rings is 2. The van der Waals surface area contributed by atoms with Crippen molar-refractivity contribution in [3.63, 3.8) is 0 Å². The molecule has 0 fully saturated rings. The van der Waals surface area contributed by atoms with Crippen molar-refractivity contribution >= 4 is 17.6 Å². The fraction of sp³-hybridized carbons (Fsp3) is 0.304. The van der Waals surface area contributed by atoms with Crippen LogP contribution >= 0.6 is 0 Å². The Kier molecular flexibility index (Phi) is 5.51. The van der Waals surface area contributed by atoms with Gasteiger partial charge in [0.05, 0.1) is 19.1 Å². The van der Waals surface area contributed by atoms with Gasteiger partial charge in [-0.15, -0.1) is 0 Å². The van der Waals surface area contributed by atoms with Crippen LogP contribution in [0.15, 0.2) is 54.8 Å². The molecule has 0 atom stereocenters. The molecule has 0 unspecified atom stereocenters. The molecule has 1 aliphatic carbocycles. The molecule has 150 valence electrons. The van der Waals surface area contributed by atoms with Crippen LogP contribution in [0.3, 0.4) is 0 Å². The van der Waals surface area contributed by atoms with Crippen LogP contribution in [0.1, 0.15) is 60.0 Å². The normalized spacial score (nSPS) is 15.6. The van der Waals surface area contributed by atoms with Crippen molar-refractivity contribution in [2.45, 2.75) is 39.0 Å². The van der Waals surface area contributed by atoms with Gasteiger partial charge >= 0.3 is 11.6 Å². The van der Waals surface area contributed by atoms with E-state index in [0.717, 1.165) is 36.8 Å². The van der Waals surface area contributed by atoms with Gasteiger partial charge in [-0.25, -0.2) is 9.59 Å². The molecule has 0 saturated carbocycles. The second kappa shape index (κ2) is 8.39. The lowest BCUT2D eigenvalue weighted by Gasteiger charge is -2.19. The van der Waals surface area contributed by atoms with Crippen LogP contribution in [-0.4, -0.2) is 12.6 Å². The third-order valence-electron chi connectivity index (χ3n) is 5.00. The minimum absolute atomic E-state index is 0.113. The standard InChI is InChI=1S/C23H22O6/c1-2-26-22(24)20-19(18-11-7-13-28-18)17-10-5-3-4-8-15(21(17)29-23(20)25)14-16-9-6-12-27-16/h6-7,9,11-14H,2-5,8,10H2,1H3/b15-14+. The lowest BCUT2D eigenvalue weighted by molar-refractivity contribution is 0.0521. The number of ether oxygens (including phenoxy) is 1. The first-order valence-electron chi connectivity index (χ1n) is 9.84. The van der Waals surface area contributed by atoms with Gasteiger partial charge in [0.2, 0.25) is 0 Å². The van der Waals surface area contributed by atoms with Crippen LogP contribution in [0.5, 0.6) is 0 Å². The van der Waals surface area contributed by atoms with Crippen LogP contribution < -0.4 is 5.63 Å². The Balaban J connectivity index is 1.99. The van der Waals surface area contributed by atoms with Gasteiger partial charge in [-0.1, -0.05) is 6.42 Å². The molecule has 6 nitrogen and oxygen atoms in total. The number of hydrogen-bond donors (Lipinski definition) is 0. The summed E-state index contributed by atoms with van der Waals surface area (Å²) in [5.41, 5.74) is 1.29. The average Bonchev–Trinajstić information content (AvgIpc) is 3.39. The molecular weight excluding hydrogens is 372 g/mol. The minimum atomic E-state index is -0.723. The van der Waals surface area contributed by atoms with Gasteiger partial charge < -0.3 is 18.0 Å². The van der Waals surface area contributed by atoms with Crippen molar-refractivity contribution in [1.82, 2.24) is 0 Å². The highest BCUT2D eigenvalue weighted by Crippen LogP contribution is 2.37. The molecule has 29 heavy (non-hydrogen) atoms. The third kappa shape index (κ3) is 3.83. The van der Waals surface area contributed by atoms with E-state index in [0.29, 0.717) is 29.3 Å². The predicted octanol–water partition coefficient (Wildman–Crippen LogP) is 5.33. The molecule has 0 aromatic carbocycles. The van der Waals surface area contributed by atoms with E-state index >= 15 is 0 Å². The number of allylic oxidation sites excluding steroid dienone is 1. The van der Waals surface area contributed by atoms with E-state index in [1.54, 1.807) is 25.3 Å². The number of esters is 1. The molecule has 0 bridgehead atoms. The number of carbonyl (C=O) groups excluding carboxylic acids is 1. The van der Waals surface area contributed by atoms with Crippen molar-refractivity contribution < 1.29 is 22.8 Å². The van der Waals surface area contributed by atoms with Gasteiger partial charge in [-0.3, -0.25) is 0 Å². The van der Waals surface area contributed by atoms with Crippen LogP contribution in [-0.2, 0) is 11.2 Å². The summed E-state index contributed by atoms with van der Waals surface area (Å²) in [5, 5.41) is 0. The van der Waals surface area contributed by atoms with Crippen molar-refractivity contribution in [2.24, 2.45) is 0 Å². The van der Waals surface area contributed by atoms with Gasteiger partial charge in [-0.05, 0) is 68.5 Å². The molecule has 3 heterocycles. The molecule has 0 spiro atoms. The molecule has 0 radical (unpaired) electrons. The quantitative estimate of drug-likeness (QED) is 0.557. The number of carbonyl (C=O) groups is 1. The molecular formula is C23H22O6. The first-order valence-corrected chi connectivity index (χ1v) is 9.84. The lowest BCUT2D eigenvalue weighted by Crippen LogP contribution is -2.21. The maximum Gasteiger partial charge on any atom is 0.351 e. The highest BCUT2D eigenvalue weighted by atomic mass is 16.5. The number of hydrogen-bond acceptors (Lipinski definition) is 6. The van der Waals surface area contributed by atoms with E-state index in [1.165, 1.54) is 6.26 Å². The smallest absolute Gasteiger partial charge is 0.351 e. The van der Waals surface area contributed by atoms with Crippen molar-refractivity contribution in [1.29, 1.82) is 0 Å². The van der Waals surface area contributed by atoms with Crippen LogP contribution in [0.2, 0.25) is 0 Å². The fourth-order valence-electron chi connectivity index (χ4n) is 3.74. The topological polar surface area (TPSA) is 82.8 Å². The summed E-state index contributed by atoms with van der Waals surface area (Å²) in [7, 11) is 0. The first-order chi connectivity index (χ1) is 14.2. The molecule has 3 aromatic rings. The Hall–Kier alpha value is -3.28. The summed E-state index contributed by atoms with van der Waals surface area (Å²) in [4.78, 5) is 25.5. The molecule has 0 amide bonds. The molecule has 6 heteroatoms. The summed E-state index contributed by atoms with van der Waals surface area (Å²) < 4.78 is 21.9. The van der Waals surface area contributed by atoms with E-state index in [1.807, 2.05) is 18.2 Å². The Morgan fingerprint density at radius 2 is 1.90 bits per heavy atom. The molecule has 0 aliphatic heterocycles. The SMILES string of the molecule is CCOC(=O)c1c(-c2ccco2)c2c(oc1=O)/C(=C/c1ccco1)CCCCC2. The largest absolute Gasteiger partial charge is 0.465 e. The van der Waals surface area contributed by atoms with Gasteiger partial charge in [0.25, 0.3) is 0 Å². The number of fused-ring (bicyclic) bond motifs is 1. The number of rotatable bonds is 4. The van der Waals surface area contributed by atoms with Crippen LogP contribution in [0, 0.1) is 0 Å². The van der Waals surface area contributed by atoms with E-state index < -0.39 is 11.6 Å². The predicted molar refractivity (Wildman–Crippen MR) is 107 cm³/mol. The Bertz CT molecular complexity index is 1070. The van der Waals surface area contributed by atoms with Crippen LogP contribution in [0.25, 0.3) is 23.0 Å². The summed E-state index contributed by atoms with van der Waals surface area (Å²) in [6.45, 7) is 1.86. The summed E-state index contributed by atoms with van der Waals surface area (Å²) >= 11 is 0. The van der Waals surface area contributed by atoms with Crippen molar-refractivity contribution in [3.8, 4) is 11.3 Å². The van der Waals surface area contributed by atoms with Crippen LogP contribution in [0.4, 0.5) is 0 Å². The molecule has 0 N–H and O–H groups in total. The second-order valence-electron chi connectivity index (χ2n) is 6.89. The molecule has 3 aromatic heterocycles. The molecule has 0 saturated heterocycles. The highest BCUT2D eigenvalue weighted by molar-refractivity contribution is 5.98. The van der Waals surface area contributed by atoms with Crippen molar-refractivity contribution in [3.05, 3.63) is 69.9 Å². The second-order valence-corrected chi connectivity index (χ2v) is 6.89. The summed E-state index contributed by atoms with van der Waals surface area (Å²) in [6.07, 6.45) is 9.35. The summed E-state index contributed by atoms with van der Waals surface area (Å²) in [5.74, 6) is 0.929. The zero-order chi connectivity index (χ0) is 20.2. The zero-order valence-corrected chi connectivity index (χ0v) is 16.2. The van der Waals surface area contributed by atoms with E-state index in [4.69, 9.17) is 18.0 Å². The Labute approximate surface area is 167 Å². The lowest BCUT2D eigenvalue weighted by atomic mass is 9.88. The average molecular weight is 394 g/mol. The maximum absolute atomic E-state index is 12.9. The maximum atomic E-state index is 12.9.